The lowest BCUT2D eigenvalue weighted by atomic mass is 10.0. The van der Waals surface area contributed by atoms with Crippen molar-refractivity contribution in [3.8, 4) is 17.2 Å². The van der Waals surface area contributed by atoms with E-state index < -0.39 is 11.6 Å². The predicted octanol–water partition coefficient (Wildman–Crippen LogP) is 4.40. The number of hydrogen-bond donors (Lipinski definition) is 3. The van der Waals surface area contributed by atoms with Crippen LogP contribution in [0.2, 0.25) is 0 Å². The van der Waals surface area contributed by atoms with E-state index in [1.165, 1.54) is 31.4 Å². The molecule has 178 valence electrons. The topological polar surface area (TPSA) is 99.1 Å². The van der Waals surface area contributed by atoms with Gasteiger partial charge in [-0.3, -0.25) is 9.59 Å². The maximum Gasteiger partial charge on any atom is 0.247 e. The van der Waals surface area contributed by atoms with Gasteiger partial charge in [-0.25, -0.2) is 0 Å². The van der Waals surface area contributed by atoms with Crippen LogP contribution >= 0.6 is 0 Å². The average Bonchev–Trinajstić information content (AvgIpc) is 2.75. The zero-order valence-electron chi connectivity index (χ0n) is 20.0. The summed E-state index contributed by atoms with van der Waals surface area (Å²) < 4.78 is 5.12. The molecule has 33 heavy (non-hydrogen) atoms. The fourth-order valence-electron chi connectivity index (χ4n) is 3.32. The Labute approximate surface area is 195 Å². The molecule has 0 bridgehead atoms. The van der Waals surface area contributed by atoms with Crippen LogP contribution in [0.15, 0.2) is 48.5 Å². The number of nitrogens with one attached hydrogen (secondary N) is 1. The number of phenols is 2. The van der Waals surface area contributed by atoms with E-state index in [9.17, 15) is 19.8 Å². The van der Waals surface area contributed by atoms with Gasteiger partial charge < -0.3 is 25.2 Å². The quantitative estimate of drug-likeness (QED) is 0.488. The van der Waals surface area contributed by atoms with Crippen molar-refractivity contribution in [1.82, 2.24) is 10.2 Å². The average molecular weight is 455 g/mol. The lowest BCUT2D eigenvalue weighted by Gasteiger charge is -2.33. The molecule has 0 aliphatic rings. The van der Waals surface area contributed by atoms with Crippen LogP contribution in [0.3, 0.4) is 0 Å². The van der Waals surface area contributed by atoms with Crippen molar-refractivity contribution in [2.75, 3.05) is 13.7 Å². The highest BCUT2D eigenvalue weighted by Crippen LogP contribution is 2.28. The summed E-state index contributed by atoms with van der Waals surface area (Å²) in [5.74, 6) is -0.216. The van der Waals surface area contributed by atoms with Crippen molar-refractivity contribution in [3.63, 3.8) is 0 Å². The molecule has 1 atom stereocenters. The van der Waals surface area contributed by atoms with E-state index in [1.807, 2.05) is 27.7 Å². The summed E-state index contributed by atoms with van der Waals surface area (Å²) in [6, 6.07) is 10.3. The predicted molar refractivity (Wildman–Crippen MR) is 129 cm³/mol. The molecule has 0 unspecified atom stereocenters. The SMILES string of the molecule is CCCCN(C(=O)/C=C/c1ccc(O)c(OC)c1)[C@H](C(=O)NC(C)(C)C)c1ccc(O)cc1. The first kappa shape index (κ1) is 25.8. The van der Waals surface area contributed by atoms with Crippen LogP contribution in [0.5, 0.6) is 17.2 Å². The Balaban J connectivity index is 2.43. The van der Waals surface area contributed by atoms with Crippen LogP contribution in [-0.4, -0.2) is 46.1 Å². The number of phenolic OH excluding ortho intramolecular Hbond substituents is 2. The van der Waals surface area contributed by atoms with Gasteiger partial charge >= 0.3 is 0 Å². The van der Waals surface area contributed by atoms with Crippen LogP contribution in [0.4, 0.5) is 0 Å². The van der Waals surface area contributed by atoms with E-state index in [4.69, 9.17) is 4.74 Å². The maximum absolute atomic E-state index is 13.3. The smallest absolute Gasteiger partial charge is 0.247 e. The summed E-state index contributed by atoms with van der Waals surface area (Å²) in [6.07, 6.45) is 4.62. The summed E-state index contributed by atoms with van der Waals surface area (Å²) in [6.45, 7) is 8.06. The molecule has 0 aliphatic heterocycles. The molecule has 2 amide bonds. The van der Waals surface area contributed by atoms with Crippen LogP contribution < -0.4 is 10.1 Å². The highest BCUT2D eigenvalue weighted by molar-refractivity contribution is 5.96. The molecule has 0 spiro atoms. The number of carbonyl (C=O) groups excluding carboxylic acids is 2. The molecule has 7 heteroatoms. The second-order valence-electron chi connectivity index (χ2n) is 8.88. The molecule has 0 saturated carbocycles. The van der Waals surface area contributed by atoms with E-state index in [-0.39, 0.29) is 23.3 Å². The Morgan fingerprint density at radius 2 is 1.79 bits per heavy atom. The lowest BCUT2D eigenvalue weighted by molar-refractivity contribution is -0.138. The van der Waals surface area contributed by atoms with Gasteiger partial charge in [0.1, 0.15) is 11.8 Å². The second kappa shape index (κ2) is 11.4. The molecular weight excluding hydrogens is 420 g/mol. The van der Waals surface area contributed by atoms with E-state index in [0.29, 0.717) is 23.4 Å². The Morgan fingerprint density at radius 3 is 2.36 bits per heavy atom. The highest BCUT2D eigenvalue weighted by Gasteiger charge is 2.32. The first-order chi connectivity index (χ1) is 15.6. The molecule has 3 N–H and O–H groups in total. The zero-order chi connectivity index (χ0) is 24.6. The normalized spacial score (nSPS) is 12.4. The minimum Gasteiger partial charge on any atom is -0.508 e. The molecule has 0 aromatic heterocycles. The van der Waals surface area contributed by atoms with E-state index in [2.05, 4.69) is 5.32 Å². The second-order valence-corrected chi connectivity index (χ2v) is 8.88. The van der Waals surface area contributed by atoms with Crippen molar-refractivity contribution in [2.45, 2.75) is 52.1 Å². The Bertz CT molecular complexity index is 977. The molecule has 2 aromatic rings. The molecule has 2 rings (SSSR count). The first-order valence-electron chi connectivity index (χ1n) is 11.0. The van der Waals surface area contributed by atoms with Gasteiger partial charge in [0.15, 0.2) is 11.5 Å². The third kappa shape index (κ3) is 7.56. The molecule has 0 fully saturated rings. The number of ether oxygens (including phenoxy) is 1. The van der Waals surface area contributed by atoms with Gasteiger partial charge in [0.2, 0.25) is 11.8 Å². The molecule has 2 aromatic carbocycles. The summed E-state index contributed by atoms with van der Waals surface area (Å²) in [4.78, 5) is 28.2. The number of unbranched alkanes of at least 4 members (excludes halogenated alkanes) is 1. The highest BCUT2D eigenvalue weighted by atomic mass is 16.5. The van der Waals surface area contributed by atoms with Crippen molar-refractivity contribution in [1.29, 1.82) is 0 Å². The monoisotopic (exact) mass is 454 g/mol. The maximum atomic E-state index is 13.3. The molecule has 0 heterocycles. The number of aromatic hydroxyl groups is 2. The van der Waals surface area contributed by atoms with Crippen LogP contribution in [-0.2, 0) is 9.59 Å². The van der Waals surface area contributed by atoms with Crippen molar-refractivity contribution < 1.29 is 24.5 Å². The van der Waals surface area contributed by atoms with Gasteiger partial charge in [0, 0.05) is 18.2 Å². The minimum absolute atomic E-state index is 0.0109. The summed E-state index contributed by atoms with van der Waals surface area (Å²) >= 11 is 0. The molecule has 0 saturated heterocycles. The Kier molecular flexibility index (Phi) is 8.91. The number of rotatable bonds is 9. The van der Waals surface area contributed by atoms with Crippen LogP contribution in [0.1, 0.15) is 57.7 Å². The van der Waals surface area contributed by atoms with Gasteiger partial charge in [0.25, 0.3) is 0 Å². The minimum atomic E-state index is -0.858. The van der Waals surface area contributed by atoms with E-state index in [1.54, 1.807) is 35.2 Å². The van der Waals surface area contributed by atoms with Gasteiger partial charge in [-0.15, -0.1) is 0 Å². The third-order valence-electron chi connectivity index (χ3n) is 4.92. The Morgan fingerprint density at radius 1 is 1.12 bits per heavy atom. The summed E-state index contributed by atoms with van der Waals surface area (Å²) in [5, 5.41) is 22.5. The first-order valence-corrected chi connectivity index (χ1v) is 11.0. The third-order valence-corrected chi connectivity index (χ3v) is 4.92. The Hall–Kier alpha value is -3.48. The zero-order valence-corrected chi connectivity index (χ0v) is 20.0. The van der Waals surface area contributed by atoms with Crippen molar-refractivity contribution in [3.05, 3.63) is 59.7 Å². The number of nitrogens with zero attached hydrogens (tertiary/aromatic N) is 1. The molecular formula is C26H34N2O5. The van der Waals surface area contributed by atoms with E-state index in [0.717, 1.165) is 12.8 Å². The van der Waals surface area contributed by atoms with Crippen molar-refractivity contribution in [2.24, 2.45) is 0 Å². The summed E-state index contributed by atoms with van der Waals surface area (Å²) in [7, 11) is 1.45. The standard InChI is InChI=1S/C26H34N2O5/c1-6-7-16-28(23(31)15-9-18-8-14-21(30)22(17-18)33-5)24(25(32)27-26(2,3)4)19-10-12-20(29)13-11-19/h8-15,17,24,29-30H,6-7,16H2,1-5H3,(H,27,32)/b15-9+/t24-/m0/s1. The van der Waals surface area contributed by atoms with Gasteiger partial charge in [-0.1, -0.05) is 31.5 Å². The number of methoxy groups -OCH3 is 1. The van der Waals surface area contributed by atoms with Crippen LogP contribution in [0, 0.1) is 0 Å². The van der Waals surface area contributed by atoms with Gasteiger partial charge in [0.05, 0.1) is 7.11 Å². The fraction of sp³-hybridized carbons (Fsp3) is 0.385. The molecule has 7 nitrogen and oxygen atoms in total. The fourth-order valence-corrected chi connectivity index (χ4v) is 3.32. The van der Waals surface area contributed by atoms with Crippen molar-refractivity contribution >= 4 is 17.9 Å². The van der Waals surface area contributed by atoms with Gasteiger partial charge in [-0.2, -0.15) is 0 Å². The number of carbonyl (C=O) groups is 2. The lowest BCUT2D eigenvalue weighted by Crippen LogP contribution is -2.49. The number of hydrogen-bond acceptors (Lipinski definition) is 5. The molecule has 0 aliphatic carbocycles. The number of amides is 2. The summed E-state index contributed by atoms with van der Waals surface area (Å²) in [5.41, 5.74) is 0.803. The van der Waals surface area contributed by atoms with Gasteiger partial charge in [-0.05, 0) is 68.7 Å². The number of benzene rings is 2. The van der Waals surface area contributed by atoms with Crippen LogP contribution in [0.25, 0.3) is 6.08 Å². The largest absolute Gasteiger partial charge is 0.508 e. The molecule has 0 radical (unpaired) electrons. The van der Waals surface area contributed by atoms with E-state index >= 15 is 0 Å².